The second kappa shape index (κ2) is 6.90. The third kappa shape index (κ3) is 4.88. The third-order valence-electron chi connectivity index (χ3n) is 4.03. The molecule has 0 heterocycles. The first-order valence-electron chi connectivity index (χ1n) is 7.25. The minimum absolute atomic E-state index is 0.227. The maximum Gasteiger partial charge on any atom is 0.152 e. The zero-order valence-corrected chi connectivity index (χ0v) is 13.1. The number of hydrogen-bond acceptors (Lipinski definition) is 3. The second-order valence-electron chi connectivity index (χ2n) is 6.35. The van der Waals surface area contributed by atoms with E-state index in [0.29, 0.717) is 23.5 Å². The van der Waals surface area contributed by atoms with E-state index in [1.807, 2.05) is 0 Å². The van der Waals surface area contributed by atoms with Crippen LogP contribution in [0, 0.1) is 17.8 Å². The summed E-state index contributed by atoms with van der Waals surface area (Å²) in [6.45, 7) is 10.1. The first-order valence-corrected chi connectivity index (χ1v) is 8.96. The highest BCUT2D eigenvalue weighted by Crippen LogP contribution is 2.36. The highest BCUT2D eigenvalue weighted by Gasteiger charge is 2.31. The van der Waals surface area contributed by atoms with Gasteiger partial charge < -0.3 is 5.32 Å². The van der Waals surface area contributed by atoms with Gasteiger partial charge in [-0.3, -0.25) is 0 Å². The second-order valence-corrected chi connectivity index (χ2v) is 9.03. The van der Waals surface area contributed by atoms with Crippen molar-refractivity contribution in [3.8, 4) is 0 Å². The largest absolute Gasteiger partial charge is 0.316 e. The lowest BCUT2D eigenvalue weighted by molar-refractivity contribution is 0.165. The smallest absolute Gasteiger partial charge is 0.152 e. The minimum atomic E-state index is -2.85. The maximum absolute atomic E-state index is 11.8. The average Bonchev–Trinajstić information content (AvgIpc) is 2.22. The van der Waals surface area contributed by atoms with Gasteiger partial charge in [0, 0.05) is 0 Å². The Hall–Kier alpha value is -0.0900. The molecule has 18 heavy (non-hydrogen) atoms. The SMILES string of the molecule is CC(C)CNCC1CCC1CCS(=O)(=O)C(C)C. The first kappa shape index (κ1) is 16.0. The molecule has 0 aromatic rings. The van der Waals surface area contributed by atoms with Crippen molar-refractivity contribution in [3.63, 3.8) is 0 Å². The van der Waals surface area contributed by atoms with Crippen molar-refractivity contribution < 1.29 is 8.42 Å². The van der Waals surface area contributed by atoms with Crippen LogP contribution in [0.15, 0.2) is 0 Å². The molecule has 1 fully saturated rings. The van der Waals surface area contributed by atoms with Crippen LogP contribution in [0.1, 0.15) is 47.0 Å². The molecule has 1 aliphatic rings. The Bertz CT molecular complexity index is 336. The summed E-state index contributed by atoms with van der Waals surface area (Å²) >= 11 is 0. The molecular formula is C14H29NO2S. The van der Waals surface area contributed by atoms with Gasteiger partial charge in [0.2, 0.25) is 0 Å². The summed E-state index contributed by atoms with van der Waals surface area (Å²) in [5.41, 5.74) is 0. The Balaban J connectivity index is 2.24. The predicted molar refractivity (Wildman–Crippen MR) is 77.5 cm³/mol. The first-order chi connectivity index (χ1) is 8.33. The van der Waals surface area contributed by atoms with Gasteiger partial charge in [-0.25, -0.2) is 8.42 Å². The molecule has 3 nitrogen and oxygen atoms in total. The average molecular weight is 275 g/mol. The summed E-state index contributed by atoms with van der Waals surface area (Å²) in [5.74, 6) is 2.38. The van der Waals surface area contributed by atoms with Crippen molar-refractivity contribution in [2.45, 2.75) is 52.2 Å². The molecule has 0 spiro atoms. The lowest BCUT2D eigenvalue weighted by Crippen LogP contribution is -2.37. The fourth-order valence-electron chi connectivity index (χ4n) is 2.40. The van der Waals surface area contributed by atoms with E-state index >= 15 is 0 Å². The number of sulfone groups is 1. The molecule has 0 amide bonds. The van der Waals surface area contributed by atoms with Crippen LogP contribution >= 0.6 is 0 Å². The molecular weight excluding hydrogens is 246 g/mol. The summed E-state index contributed by atoms with van der Waals surface area (Å²) in [6, 6.07) is 0. The van der Waals surface area contributed by atoms with Gasteiger partial charge in [-0.15, -0.1) is 0 Å². The van der Waals surface area contributed by atoms with E-state index in [4.69, 9.17) is 0 Å². The van der Waals surface area contributed by atoms with E-state index in [0.717, 1.165) is 19.5 Å². The Morgan fingerprint density at radius 2 is 1.72 bits per heavy atom. The van der Waals surface area contributed by atoms with Crippen LogP contribution in [-0.4, -0.2) is 32.5 Å². The van der Waals surface area contributed by atoms with E-state index in [-0.39, 0.29) is 5.25 Å². The Morgan fingerprint density at radius 3 is 2.17 bits per heavy atom. The molecule has 0 aliphatic heterocycles. The zero-order chi connectivity index (χ0) is 13.8. The van der Waals surface area contributed by atoms with Crippen molar-refractivity contribution in [1.82, 2.24) is 5.32 Å². The number of rotatable bonds is 8. The highest BCUT2D eigenvalue weighted by atomic mass is 32.2. The maximum atomic E-state index is 11.8. The molecule has 1 N–H and O–H groups in total. The minimum Gasteiger partial charge on any atom is -0.316 e. The van der Waals surface area contributed by atoms with Gasteiger partial charge >= 0.3 is 0 Å². The summed E-state index contributed by atoms with van der Waals surface area (Å²) in [7, 11) is -2.85. The van der Waals surface area contributed by atoms with Crippen molar-refractivity contribution in [2.24, 2.45) is 17.8 Å². The van der Waals surface area contributed by atoms with Crippen LogP contribution in [0.25, 0.3) is 0 Å². The molecule has 0 radical (unpaired) electrons. The van der Waals surface area contributed by atoms with Gasteiger partial charge in [0.1, 0.15) is 0 Å². The topological polar surface area (TPSA) is 46.2 Å². The quantitative estimate of drug-likeness (QED) is 0.740. The van der Waals surface area contributed by atoms with Crippen LogP contribution in [-0.2, 0) is 9.84 Å². The monoisotopic (exact) mass is 275 g/mol. The highest BCUT2D eigenvalue weighted by molar-refractivity contribution is 7.91. The predicted octanol–water partition coefficient (Wildman–Crippen LogP) is 2.47. The summed E-state index contributed by atoms with van der Waals surface area (Å²) in [4.78, 5) is 0. The number of hydrogen-bond donors (Lipinski definition) is 1. The van der Waals surface area contributed by atoms with Gasteiger partial charge in [0.05, 0.1) is 11.0 Å². The zero-order valence-electron chi connectivity index (χ0n) is 12.3. The van der Waals surface area contributed by atoms with Crippen LogP contribution in [0.5, 0.6) is 0 Å². The standard InChI is InChI=1S/C14H29NO2S/c1-11(2)9-15-10-14-6-5-13(14)7-8-18(16,17)12(3)4/h11-15H,5-10H2,1-4H3. The fraction of sp³-hybridized carbons (Fsp3) is 1.00. The van der Waals surface area contributed by atoms with Gasteiger partial charge in [-0.05, 0) is 64.0 Å². The Kier molecular flexibility index (Phi) is 6.12. The van der Waals surface area contributed by atoms with Gasteiger partial charge in [0.15, 0.2) is 9.84 Å². The summed E-state index contributed by atoms with van der Waals surface area (Å²) < 4.78 is 23.5. The van der Waals surface area contributed by atoms with Crippen molar-refractivity contribution >= 4 is 9.84 Å². The third-order valence-corrected chi connectivity index (χ3v) is 6.27. The summed E-state index contributed by atoms with van der Waals surface area (Å²) in [6.07, 6.45) is 3.33. The van der Waals surface area contributed by atoms with E-state index in [1.54, 1.807) is 13.8 Å². The molecule has 0 saturated heterocycles. The van der Waals surface area contributed by atoms with Crippen molar-refractivity contribution in [3.05, 3.63) is 0 Å². The van der Waals surface area contributed by atoms with Gasteiger partial charge in [-0.2, -0.15) is 0 Å². The molecule has 1 aliphatic carbocycles. The van der Waals surface area contributed by atoms with Crippen LogP contribution in [0.2, 0.25) is 0 Å². The Morgan fingerprint density at radius 1 is 1.11 bits per heavy atom. The lowest BCUT2D eigenvalue weighted by Gasteiger charge is -2.37. The molecule has 2 atom stereocenters. The van der Waals surface area contributed by atoms with E-state index in [2.05, 4.69) is 19.2 Å². The van der Waals surface area contributed by atoms with Crippen molar-refractivity contribution in [1.29, 1.82) is 0 Å². The Labute approximate surface area is 113 Å². The lowest BCUT2D eigenvalue weighted by atomic mass is 9.72. The fourth-order valence-corrected chi connectivity index (χ4v) is 3.50. The number of nitrogens with one attached hydrogen (secondary N) is 1. The molecule has 0 aromatic carbocycles. The van der Waals surface area contributed by atoms with Crippen LogP contribution in [0.4, 0.5) is 0 Å². The van der Waals surface area contributed by atoms with Crippen LogP contribution < -0.4 is 5.32 Å². The molecule has 1 rings (SSSR count). The molecule has 108 valence electrons. The molecule has 1 saturated carbocycles. The molecule has 0 aromatic heterocycles. The van der Waals surface area contributed by atoms with Gasteiger partial charge in [-0.1, -0.05) is 13.8 Å². The summed E-state index contributed by atoms with van der Waals surface area (Å²) in [5, 5.41) is 3.26. The molecule has 2 unspecified atom stereocenters. The van der Waals surface area contributed by atoms with Crippen LogP contribution in [0.3, 0.4) is 0 Å². The van der Waals surface area contributed by atoms with Crippen molar-refractivity contribution in [2.75, 3.05) is 18.8 Å². The molecule has 4 heteroatoms. The normalized spacial score (nSPS) is 24.6. The van der Waals surface area contributed by atoms with Gasteiger partial charge in [0.25, 0.3) is 0 Å². The molecule has 0 bridgehead atoms. The van der Waals surface area contributed by atoms with E-state index in [9.17, 15) is 8.42 Å². The van der Waals surface area contributed by atoms with E-state index in [1.165, 1.54) is 12.8 Å². The van der Waals surface area contributed by atoms with E-state index < -0.39 is 9.84 Å².